The molecule has 0 spiro atoms. The summed E-state index contributed by atoms with van der Waals surface area (Å²) in [6.45, 7) is 5.74. The maximum absolute atomic E-state index is 12.9. The summed E-state index contributed by atoms with van der Waals surface area (Å²) in [7, 11) is 3.78. The summed E-state index contributed by atoms with van der Waals surface area (Å²) >= 11 is 1.72. The summed E-state index contributed by atoms with van der Waals surface area (Å²) in [4.78, 5) is 23.1. The fourth-order valence-corrected chi connectivity index (χ4v) is 4.99. The highest BCUT2D eigenvalue weighted by Gasteiger charge is 2.27. The number of anilines is 1. The summed E-state index contributed by atoms with van der Waals surface area (Å²) in [6, 6.07) is 16.4. The molecule has 6 nitrogen and oxygen atoms in total. The number of piperazine rings is 1. The Morgan fingerprint density at radius 2 is 1.83 bits per heavy atom. The fraction of sp³-hybridized carbons (Fsp3) is 0.391. The van der Waals surface area contributed by atoms with Crippen molar-refractivity contribution >= 4 is 33.1 Å². The summed E-state index contributed by atoms with van der Waals surface area (Å²) in [5.41, 5.74) is 2.13. The van der Waals surface area contributed by atoms with Crippen LogP contribution in [0.1, 0.15) is 18.0 Å². The molecule has 30 heavy (non-hydrogen) atoms. The van der Waals surface area contributed by atoms with E-state index in [0.717, 1.165) is 48.1 Å². The molecular formula is C23H29N4O2S+. The van der Waals surface area contributed by atoms with Gasteiger partial charge in [-0.05, 0) is 31.2 Å². The Labute approximate surface area is 181 Å². The lowest BCUT2D eigenvalue weighted by atomic mass is 10.2. The number of benzene rings is 2. The molecule has 0 saturated carbocycles. The summed E-state index contributed by atoms with van der Waals surface area (Å²) in [5.74, 6) is 1.09. The van der Waals surface area contributed by atoms with Gasteiger partial charge in [0, 0.05) is 26.2 Å². The number of ether oxygens (including phenoxy) is 1. The molecule has 0 aliphatic carbocycles. The second-order valence-corrected chi connectivity index (χ2v) is 8.87. The molecule has 1 amide bonds. The number of nitrogens with zero attached hydrogens (tertiary/aromatic N) is 3. The molecule has 7 heteroatoms. The number of hydrogen-bond donors (Lipinski definition) is 1. The molecule has 2 heterocycles. The van der Waals surface area contributed by atoms with Crippen molar-refractivity contribution in [1.29, 1.82) is 0 Å². The second-order valence-electron chi connectivity index (χ2n) is 7.80. The Morgan fingerprint density at radius 1 is 1.13 bits per heavy atom. The number of hydrogen-bond acceptors (Lipinski definition) is 5. The molecule has 4 rings (SSSR count). The van der Waals surface area contributed by atoms with Crippen LogP contribution in [0.4, 0.5) is 5.69 Å². The van der Waals surface area contributed by atoms with E-state index in [1.54, 1.807) is 18.4 Å². The maximum atomic E-state index is 12.9. The van der Waals surface area contributed by atoms with Crippen molar-refractivity contribution in [3.8, 4) is 5.75 Å². The minimum absolute atomic E-state index is 0.182. The van der Waals surface area contributed by atoms with Crippen LogP contribution < -0.4 is 14.5 Å². The molecule has 2 aromatic carbocycles. The zero-order valence-corrected chi connectivity index (χ0v) is 18.6. The predicted octanol–water partition coefficient (Wildman–Crippen LogP) is 2.23. The molecule has 1 N–H and O–H groups in total. The predicted molar refractivity (Wildman–Crippen MR) is 122 cm³/mol. The smallest absolute Gasteiger partial charge is 0.277 e. The Bertz CT molecular complexity index is 980. The van der Waals surface area contributed by atoms with E-state index in [1.807, 2.05) is 41.3 Å². The third kappa shape index (κ3) is 4.27. The van der Waals surface area contributed by atoms with Crippen molar-refractivity contribution in [3.05, 3.63) is 53.5 Å². The number of quaternary nitrogens is 1. The first-order valence-electron chi connectivity index (χ1n) is 10.4. The normalized spacial score (nSPS) is 16.5. The van der Waals surface area contributed by atoms with Crippen LogP contribution in [0, 0.1) is 0 Å². The highest BCUT2D eigenvalue weighted by Crippen LogP contribution is 2.28. The van der Waals surface area contributed by atoms with Gasteiger partial charge in [-0.15, -0.1) is 11.3 Å². The number of amides is 1. The fourth-order valence-electron chi connectivity index (χ4n) is 3.88. The van der Waals surface area contributed by atoms with Gasteiger partial charge in [0.15, 0.2) is 11.6 Å². The van der Waals surface area contributed by atoms with Gasteiger partial charge in [-0.1, -0.05) is 24.3 Å². The average molecular weight is 426 g/mol. The van der Waals surface area contributed by atoms with Crippen LogP contribution in [0.15, 0.2) is 48.5 Å². The first-order chi connectivity index (χ1) is 14.6. The van der Waals surface area contributed by atoms with E-state index >= 15 is 0 Å². The zero-order chi connectivity index (χ0) is 21.1. The SMILES string of the molecule is COc1ccccc1N1CCN(C(=O)C[NH+](C)[C@@H](C)c2nc3ccccc3s2)CC1. The molecule has 1 unspecified atom stereocenters. The van der Waals surface area contributed by atoms with Crippen molar-refractivity contribution in [2.45, 2.75) is 13.0 Å². The van der Waals surface area contributed by atoms with Crippen molar-refractivity contribution in [2.24, 2.45) is 0 Å². The van der Waals surface area contributed by atoms with Crippen LogP contribution in [0.5, 0.6) is 5.75 Å². The van der Waals surface area contributed by atoms with Crippen LogP contribution in [-0.2, 0) is 4.79 Å². The highest BCUT2D eigenvalue weighted by atomic mass is 32.1. The van der Waals surface area contributed by atoms with Gasteiger partial charge in [-0.25, -0.2) is 4.98 Å². The van der Waals surface area contributed by atoms with Gasteiger partial charge in [-0.3, -0.25) is 4.79 Å². The van der Waals surface area contributed by atoms with Gasteiger partial charge in [0.25, 0.3) is 5.91 Å². The van der Waals surface area contributed by atoms with Crippen LogP contribution in [0.25, 0.3) is 10.2 Å². The van der Waals surface area contributed by atoms with Crippen LogP contribution >= 0.6 is 11.3 Å². The minimum atomic E-state index is 0.182. The molecule has 158 valence electrons. The Kier molecular flexibility index (Phi) is 6.20. The topological polar surface area (TPSA) is 50.1 Å². The third-order valence-electron chi connectivity index (χ3n) is 5.91. The van der Waals surface area contributed by atoms with Crippen LogP contribution in [0.2, 0.25) is 0 Å². The lowest BCUT2D eigenvalue weighted by molar-refractivity contribution is -0.902. The average Bonchev–Trinajstić information content (AvgIpc) is 3.22. The molecule has 0 bridgehead atoms. The second kappa shape index (κ2) is 9.02. The first-order valence-corrected chi connectivity index (χ1v) is 11.2. The zero-order valence-electron chi connectivity index (χ0n) is 17.8. The highest BCUT2D eigenvalue weighted by molar-refractivity contribution is 7.18. The van der Waals surface area contributed by atoms with Gasteiger partial charge in [-0.2, -0.15) is 0 Å². The number of fused-ring (bicyclic) bond motifs is 1. The van der Waals surface area contributed by atoms with E-state index in [1.165, 1.54) is 9.60 Å². The van der Waals surface area contributed by atoms with E-state index < -0.39 is 0 Å². The number of carbonyl (C=O) groups is 1. The van der Waals surface area contributed by atoms with Crippen molar-refractivity contribution in [1.82, 2.24) is 9.88 Å². The van der Waals surface area contributed by atoms with Crippen LogP contribution in [0.3, 0.4) is 0 Å². The van der Waals surface area contributed by atoms with Crippen molar-refractivity contribution in [2.75, 3.05) is 51.8 Å². The quantitative estimate of drug-likeness (QED) is 0.658. The Morgan fingerprint density at radius 3 is 2.57 bits per heavy atom. The number of carbonyl (C=O) groups excluding carboxylic acids is 1. The van der Waals surface area contributed by atoms with E-state index in [0.29, 0.717) is 6.54 Å². The van der Waals surface area contributed by atoms with Crippen LogP contribution in [-0.4, -0.2) is 62.7 Å². The van der Waals surface area contributed by atoms with Gasteiger partial charge in [0.2, 0.25) is 0 Å². The molecule has 1 aromatic heterocycles. The third-order valence-corrected chi connectivity index (χ3v) is 7.13. The number of rotatable bonds is 6. The van der Waals surface area contributed by atoms with Crippen molar-refractivity contribution in [3.63, 3.8) is 0 Å². The molecule has 1 saturated heterocycles. The number of methoxy groups -OCH3 is 1. The molecule has 0 radical (unpaired) electrons. The Hall–Kier alpha value is -2.64. The summed E-state index contributed by atoms with van der Waals surface area (Å²) in [6.07, 6.45) is 0. The standard InChI is InChI=1S/C23H28N4O2S/c1-17(23-24-18-8-4-7-11-21(18)30-23)25(2)16-22(28)27-14-12-26(13-15-27)19-9-5-6-10-20(19)29-3/h4-11,17H,12-16H2,1-3H3/p+1/t17-/m0/s1. The van der Waals surface area contributed by atoms with Gasteiger partial charge < -0.3 is 19.4 Å². The lowest BCUT2D eigenvalue weighted by Gasteiger charge is -2.37. The Balaban J connectivity index is 1.34. The first kappa shape index (κ1) is 20.6. The molecular weight excluding hydrogens is 396 g/mol. The van der Waals surface area contributed by atoms with E-state index in [-0.39, 0.29) is 11.9 Å². The largest absolute Gasteiger partial charge is 0.495 e. The minimum Gasteiger partial charge on any atom is -0.495 e. The molecule has 2 atom stereocenters. The summed E-state index contributed by atoms with van der Waals surface area (Å²) < 4.78 is 6.69. The maximum Gasteiger partial charge on any atom is 0.277 e. The molecule has 1 fully saturated rings. The number of nitrogens with one attached hydrogen (secondary N) is 1. The summed E-state index contributed by atoms with van der Waals surface area (Å²) in [5, 5.41) is 1.09. The number of aromatic nitrogens is 1. The van der Waals surface area contributed by atoms with Gasteiger partial charge in [0.05, 0.1) is 30.1 Å². The number of para-hydroxylation sites is 3. The monoisotopic (exact) mass is 425 g/mol. The molecule has 1 aliphatic rings. The van der Waals surface area contributed by atoms with E-state index in [9.17, 15) is 4.79 Å². The van der Waals surface area contributed by atoms with Crippen molar-refractivity contribution < 1.29 is 14.4 Å². The van der Waals surface area contributed by atoms with E-state index in [4.69, 9.17) is 9.72 Å². The lowest BCUT2D eigenvalue weighted by Crippen LogP contribution is -3.10. The van der Waals surface area contributed by atoms with E-state index in [2.05, 4.69) is 31.0 Å². The number of thiazole rings is 1. The number of likely N-dealkylation sites (N-methyl/N-ethyl adjacent to an activating group) is 1. The van der Waals surface area contributed by atoms with Gasteiger partial charge >= 0.3 is 0 Å². The molecule has 3 aromatic rings. The molecule has 1 aliphatic heterocycles. The van der Waals surface area contributed by atoms with Gasteiger partial charge in [0.1, 0.15) is 11.8 Å².